The van der Waals surface area contributed by atoms with Crippen LogP contribution in [0.2, 0.25) is 0 Å². The number of rotatable bonds is 5. The van der Waals surface area contributed by atoms with E-state index in [4.69, 9.17) is 4.42 Å². The van der Waals surface area contributed by atoms with E-state index in [1.807, 2.05) is 48.3 Å². The van der Waals surface area contributed by atoms with Gasteiger partial charge in [0.15, 0.2) is 0 Å². The summed E-state index contributed by atoms with van der Waals surface area (Å²) >= 11 is 0. The Labute approximate surface area is 139 Å². The molecule has 1 N–H and O–H groups in total. The lowest BCUT2D eigenvalue weighted by Gasteiger charge is -2.08. The largest absolute Gasteiger partial charge is 0.464 e. The molecule has 0 fully saturated rings. The standard InChI is InChI=1S/C18H17N5O/c1-13-11-19-6-4-16(13)20-7-8-23-12-17(21-22-23)14-2-3-18-15(10-14)5-9-24-18/h2-6,9-12H,7-8H2,1H3,(H,19,20). The van der Waals surface area contributed by atoms with Gasteiger partial charge in [-0.3, -0.25) is 9.67 Å². The van der Waals surface area contributed by atoms with Crippen LogP contribution in [0, 0.1) is 6.92 Å². The van der Waals surface area contributed by atoms with Gasteiger partial charge in [-0.05, 0) is 42.8 Å². The molecule has 1 aromatic carbocycles. The molecule has 0 bridgehead atoms. The number of anilines is 1. The number of aromatic nitrogens is 4. The predicted octanol–water partition coefficient (Wildman–Crippen LogP) is 3.51. The van der Waals surface area contributed by atoms with Crippen molar-refractivity contribution in [2.24, 2.45) is 0 Å². The summed E-state index contributed by atoms with van der Waals surface area (Å²) in [4.78, 5) is 4.09. The van der Waals surface area contributed by atoms with Crippen molar-refractivity contribution in [2.45, 2.75) is 13.5 Å². The topological polar surface area (TPSA) is 68.8 Å². The third kappa shape index (κ3) is 2.86. The summed E-state index contributed by atoms with van der Waals surface area (Å²) in [5.41, 5.74) is 5.00. The molecule has 0 radical (unpaired) electrons. The second-order valence-electron chi connectivity index (χ2n) is 5.66. The fourth-order valence-electron chi connectivity index (χ4n) is 2.64. The maximum Gasteiger partial charge on any atom is 0.133 e. The van der Waals surface area contributed by atoms with Gasteiger partial charge in [0.1, 0.15) is 11.3 Å². The van der Waals surface area contributed by atoms with Gasteiger partial charge in [0.05, 0.1) is 19.0 Å². The van der Waals surface area contributed by atoms with Crippen molar-refractivity contribution in [1.29, 1.82) is 0 Å². The molecule has 0 aliphatic heterocycles. The molecule has 0 unspecified atom stereocenters. The zero-order valence-electron chi connectivity index (χ0n) is 13.3. The molecule has 0 aliphatic rings. The van der Waals surface area contributed by atoms with E-state index >= 15 is 0 Å². The van der Waals surface area contributed by atoms with Gasteiger partial charge in [0.25, 0.3) is 0 Å². The number of pyridine rings is 1. The highest BCUT2D eigenvalue weighted by atomic mass is 16.3. The summed E-state index contributed by atoms with van der Waals surface area (Å²) in [5.74, 6) is 0. The Hall–Kier alpha value is -3.15. The number of nitrogens with one attached hydrogen (secondary N) is 1. The molecule has 0 saturated heterocycles. The molecule has 0 aliphatic carbocycles. The van der Waals surface area contributed by atoms with Crippen molar-refractivity contribution >= 4 is 16.7 Å². The molecule has 4 aromatic rings. The molecule has 6 heteroatoms. The molecule has 0 amide bonds. The van der Waals surface area contributed by atoms with E-state index in [9.17, 15) is 0 Å². The van der Waals surface area contributed by atoms with Gasteiger partial charge in [0.2, 0.25) is 0 Å². The first-order valence-electron chi connectivity index (χ1n) is 7.82. The normalized spacial score (nSPS) is 11.0. The molecule has 0 saturated carbocycles. The average molecular weight is 319 g/mol. The van der Waals surface area contributed by atoms with Crippen LogP contribution in [0.25, 0.3) is 22.2 Å². The lowest BCUT2D eigenvalue weighted by atomic mass is 10.1. The van der Waals surface area contributed by atoms with E-state index < -0.39 is 0 Å². The lowest BCUT2D eigenvalue weighted by molar-refractivity contribution is 0.609. The minimum absolute atomic E-state index is 0.739. The Balaban J connectivity index is 1.44. The Kier molecular flexibility index (Phi) is 3.70. The molecular weight excluding hydrogens is 302 g/mol. The highest BCUT2D eigenvalue weighted by Crippen LogP contribution is 2.23. The van der Waals surface area contributed by atoms with Crippen LogP contribution in [0.15, 0.2) is 59.6 Å². The second-order valence-corrected chi connectivity index (χ2v) is 5.66. The van der Waals surface area contributed by atoms with Gasteiger partial charge in [-0.15, -0.1) is 5.10 Å². The van der Waals surface area contributed by atoms with Gasteiger partial charge in [-0.25, -0.2) is 0 Å². The van der Waals surface area contributed by atoms with Gasteiger partial charge in [-0.2, -0.15) is 0 Å². The number of aryl methyl sites for hydroxylation is 1. The van der Waals surface area contributed by atoms with Gasteiger partial charge < -0.3 is 9.73 Å². The molecule has 0 spiro atoms. The Bertz CT molecular complexity index is 972. The number of hydrogen-bond donors (Lipinski definition) is 1. The van der Waals surface area contributed by atoms with Crippen LogP contribution in [-0.4, -0.2) is 26.5 Å². The number of benzene rings is 1. The van der Waals surface area contributed by atoms with E-state index in [0.29, 0.717) is 0 Å². The van der Waals surface area contributed by atoms with E-state index in [1.165, 1.54) is 0 Å². The number of fused-ring (bicyclic) bond motifs is 1. The molecule has 120 valence electrons. The number of nitrogens with zero attached hydrogens (tertiary/aromatic N) is 4. The maximum absolute atomic E-state index is 5.36. The third-order valence-electron chi connectivity index (χ3n) is 3.96. The van der Waals surface area contributed by atoms with E-state index in [-0.39, 0.29) is 0 Å². The first kappa shape index (κ1) is 14.4. The summed E-state index contributed by atoms with van der Waals surface area (Å²) in [6.45, 7) is 3.55. The third-order valence-corrected chi connectivity index (χ3v) is 3.96. The maximum atomic E-state index is 5.36. The van der Waals surface area contributed by atoms with E-state index in [1.54, 1.807) is 12.5 Å². The summed E-state index contributed by atoms with van der Waals surface area (Å²) < 4.78 is 7.21. The van der Waals surface area contributed by atoms with Crippen molar-refractivity contribution < 1.29 is 4.42 Å². The fraction of sp³-hybridized carbons (Fsp3) is 0.167. The molecule has 4 rings (SSSR count). The van der Waals surface area contributed by atoms with Crippen LogP contribution < -0.4 is 5.32 Å². The first-order valence-corrected chi connectivity index (χ1v) is 7.82. The summed E-state index contributed by atoms with van der Waals surface area (Å²) in [5, 5.41) is 12.9. The van der Waals surface area contributed by atoms with Crippen molar-refractivity contribution in [3.8, 4) is 11.3 Å². The van der Waals surface area contributed by atoms with Gasteiger partial charge >= 0.3 is 0 Å². The zero-order valence-corrected chi connectivity index (χ0v) is 13.3. The quantitative estimate of drug-likeness (QED) is 0.609. The number of furan rings is 1. The van der Waals surface area contributed by atoms with Gasteiger partial charge in [-0.1, -0.05) is 5.21 Å². The number of hydrogen-bond acceptors (Lipinski definition) is 5. The summed E-state index contributed by atoms with van der Waals surface area (Å²) in [7, 11) is 0. The summed E-state index contributed by atoms with van der Waals surface area (Å²) in [6.07, 6.45) is 7.29. The molecule has 3 heterocycles. The van der Waals surface area contributed by atoms with Crippen LogP contribution in [0.5, 0.6) is 0 Å². The van der Waals surface area contributed by atoms with E-state index in [0.717, 1.165) is 46.6 Å². The highest BCUT2D eigenvalue weighted by molar-refractivity contribution is 5.82. The Morgan fingerprint density at radius 3 is 3.08 bits per heavy atom. The zero-order chi connectivity index (χ0) is 16.4. The van der Waals surface area contributed by atoms with Crippen molar-refractivity contribution in [1.82, 2.24) is 20.0 Å². The van der Waals surface area contributed by atoms with Crippen LogP contribution in [0.3, 0.4) is 0 Å². The smallest absolute Gasteiger partial charge is 0.133 e. The minimum Gasteiger partial charge on any atom is -0.464 e. The average Bonchev–Trinajstić information content (AvgIpc) is 3.25. The van der Waals surface area contributed by atoms with E-state index in [2.05, 4.69) is 26.7 Å². The SMILES string of the molecule is Cc1cnccc1NCCn1cc(-c2ccc3occc3c2)nn1. The van der Waals surface area contributed by atoms with Gasteiger partial charge in [0, 0.05) is 35.6 Å². The molecule has 24 heavy (non-hydrogen) atoms. The second kappa shape index (κ2) is 6.16. The molecule has 0 atom stereocenters. The Morgan fingerprint density at radius 2 is 2.17 bits per heavy atom. The minimum atomic E-state index is 0.739. The monoisotopic (exact) mass is 319 g/mol. The molecule has 3 aromatic heterocycles. The summed E-state index contributed by atoms with van der Waals surface area (Å²) in [6, 6.07) is 9.94. The van der Waals surface area contributed by atoms with Crippen LogP contribution in [0.4, 0.5) is 5.69 Å². The van der Waals surface area contributed by atoms with Crippen molar-refractivity contribution in [2.75, 3.05) is 11.9 Å². The lowest BCUT2D eigenvalue weighted by Crippen LogP contribution is -2.11. The molecule has 6 nitrogen and oxygen atoms in total. The molecular formula is C18H17N5O. The van der Waals surface area contributed by atoms with Crippen LogP contribution >= 0.6 is 0 Å². The predicted molar refractivity (Wildman–Crippen MR) is 92.7 cm³/mol. The van der Waals surface area contributed by atoms with Crippen molar-refractivity contribution in [3.05, 3.63) is 60.7 Å². The Morgan fingerprint density at radius 1 is 1.21 bits per heavy atom. The van der Waals surface area contributed by atoms with Crippen molar-refractivity contribution in [3.63, 3.8) is 0 Å². The fourth-order valence-corrected chi connectivity index (χ4v) is 2.64. The van der Waals surface area contributed by atoms with Crippen LogP contribution in [0.1, 0.15) is 5.56 Å². The highest BCUT2D eigenvalue weighted by Gasteiger charge is 2.06. The van der Waals surface area contributed by atoms with Crippen LogP contribution in [-0.2, 0) is 6.54 Å². The first-order chi connectivity index (χ1) is 11.8.